The molecule has 0 saturated carbocycles. The van der Waals surface area contributed by atoms with Crippen LogP contribution in [0.3, 0.4) is 0 Å². The van der Waals surface area contributed by atoms with Crippen LogP contribution in [0.2, 0.25) is 0 Å². The van der Waals surface area contributed by atoms with Crippen molar-refractivity contribution in [3.05, 3.63) is 30.1 Å². The number of aromatic nitrogens is 1. The molecule has 0 atom stereocenters. The summed E-state index contributed by atoms with van der Waals surface area (Å²) < 4.78 is 4.91. The zero-order chi connectivity index (χ0) is 13.9. The molecule has 0 spiro atoms. The lowest BCUT2D eigenvalue weighted by Gasteiger charge is -2.33. The van der Waals surface area contributed by atoms with Gasteiger partial charge in [0.2, 0.25) is 0 Å². The molecule has 6 nitrogen and oxygen atoms in total. The fourth-order valence-corrected chi connectivity index (χ4v) is 1.93. The number of pyridine rings is 1. The first kappa shape index (κ1) is 13.3. The Balaban J connectivity index is 1.94. The van der Waals surface area contributed by atoms with Crippen molar-refractivity contribution in [1.29, 1.82) is 0 Å². The summed E-state index contributed by atoms with van der Waals surface area (Å²) >= 11 is 0. The molecule has 0 bridgehead atoms. The Kier molecular flexibility index (Phi) is 3.69. The van der Waals surface area contributed by atoms with E-state index in [0.29, 0.717) is 25.3 Å². The molecule has 0 unspecified atom stereocenters. The highest BCUT2D eigenvalue weighted by Crippen LogP contribution is 2.18. The maximum absolute atomic E-state index is 11.9. The molecule has 0 aliphatic carbocycles. The van der Waals surface area contributed by atoms with E-state index in [-0.39, 0.29) is 12.0 Å². The second-order valence-electron chi connectivity index (χ2n) is 5.00. The van der Waals surface area contributed by atoms with Crippen LogP contribution in [0, 0.1) is 0 Å². The predicted molar refractivity (Wildman–Crippen MR) is 68.7 cm³/mol. The summed E-state index contributed by atoms with van der Waals surface area (Å²) in [6.07, 6.45) is 2.79. The van der Waals surface area contributed by atoms with E-state index in [0.717, 1.165) is 0 Å². The van der Waals surface area contributed by atoms with Crippen molar-refractivity contribution in [3.8, 4) is 0 Å². The van der Waals surface area contributed by atoms with Gasteiger partial charge in [-0.1, -0.05) is 0 Å². The van der Waals surface area contributed by atoms with Gasteiger partial charge >= 0.3 is 6.09 Å². The first-order chi connectivity index (χ1) is 9.00. The highest BCUT2D eigenvalue weighted by atomic mass is 16.6. The zero-order valence-corrected chi connectivity index (χ0v) is 11.0. The Morgan fingerprint density at radius 3 is 2.95 bits per heavy atom. The van der Waals surface area contributed by atoms with Crippen molar-refractivity contribution in [3.63, 3.8) is 0 Å². The quantitative estimate of drug-likeness (QED) is 0.881. The molecule has 1 fully saturated rings. The largest absolute Gasteiger partial charge is 0.448 e. The van der Waals surface area contributed by atoms with E-state index in [9.17, 15) is 9.59 Å². The number of carbonyl (C=O) groups is 2. The van der Waals surface area contributed by atoms with Gasteiger partial charge in [-0.3, -0.25) is 14.7 Å². The maximum Gasteiger partial charge on any atom is 0.410 e. The minimum absolute atomic E-state index is 0.200. The van der Waals surface area contributed by atoms with Crippen LogP contribution in [0.1, 0.15) is 24.2 Å². The Hall–Kier alpha value is -2.11. The molecular formula is C13H17N3O3. The van der Waals surface area contributed by atoms with Gasteiger partial charge in [-0.2, -0.15) is 0 Å². The summed E-state index contributed by atoms with van der Waals surface area (Å²) in [5.41, 5.74) is 0.0214. The summed E-state index contributed by atoms with van der Waals surface area (Å²) in [6, 6.07) is 3.40. The van der Waals surface area contributed by atoms with Gasteiger partial charge in [0.15, 0.2) is 0 Å². The van der Waals surface area contributed by atoms with Crippen LogP contribution in [-0.4, -0.2) is 47.1 Å². The summed E-state index contributed by atoms with van der Waals surface area (Å²) in [5, 5.41) is 2.81. The van der Waals surface area contributed by atoms with Gasteiger partial charge in [0, 0.05) is 18.9 Å². The zero-order valence-electron chi connectivity index (χ0n) is 11.0. The summed E-state index contributed by atoms with van der Waals surface area (Å²) in [4.78, 5) is 28.9. The van der Waals surface area contributed by atoms with Gasteiger partial charge in [-0.05, 0) is 26.0 Å². The lowest BCUT2D eigenvalue weighted by molar-refractivity contribution is 0.0902. The summed E-state index contributed by atoms with van der Waals surface area (Å²) in [6.45, 7) is 5.09. The Bertz CT molecular complexity index is 473. The van der Waals surface area contributed by atoms with Gasteiger partial charge in [0.1, 0.15) is 6.61 Å². The second kappa shape index (κ2) is 5.26. The molecule has 1 aliphatic rings. The standard InChI is InChI=1S/C13H17N3O3/c1-13(2,16-6-7-19-12(16)18)9-15-11(17)10-4-3-5-14-8-10/h3-5,8H,6-7,9H2,1-2H3,(H,15,17). The normalized spacial score (nSPS) is 15.3. The van der Waals surface area contributed by atoms with Crippen LogP contribution in [0.15, 0.2) is 24.5 Å². The molecular weight excluding hydrogens is 246 g/mol. The highest BCUT2D eigenvalue weighted by Gasteiger charge is 2.35. The minimum atomic E-state index is -0.481. The average Bonchev–Trinajstić information content (AvgIpc) is 2.84. The number of nitrogens with zero attached hydrogens (tertiary/aromatic N) is 2. The molecule has 6 heteroatoms. The van der Waals surface area contributed by atoms with E-state index in [1.165, 1.54) is 6.20 Å². The lowest BCUT2D eigenvalue weighted by atomic mass is 10.0. The molecule has 2 rings (SSSR count). The average molecular weight is 263 g/mol. The Morgan fingerprint density at radius 2 is 2.37 bits per heavy atom. The third-order valence-electron chi connectivity index (χ3n) is 3.10. The summed E-state index contributed by atoms with van der Waals surface area (Å²) in [7, 11) is 0. The summed E-state index contributed by atoms with van der Waals surface area (Å²) in [5.74, 6) is -0.200. The van der Waals surface area contributed by atoms with Gasteiger partial charge in [0.25, 0.3) is 5.91 Å². The van der Waals surface area contributed by atoms with Crippen LogP contribution in [0.4, 0.5) is 4.79 Å². The number of hydrogen-bond acceptors (Lipinski definition) is 4. The fraction of sp³-hybridized carbons (Fsp3) is 0.462. The van der Waals surface area contributed by atoms with Crippen LogP contribution in [0.5, 0.6) is 0 Å². The topological polar surface area (TPSA) is 71.5 Å². The molecule has 2 heterocycles. The van der Waals surface area contributed by atoms with Gasteiger partial charge in [-0.15, -0.1) is 0 Å². The van der Waals surface area contributed by atoms with Crippen LogP contribution >= 0.6 is 0 Å². The third-order valence-corrected chi connectivity index (χ3v) is 3.10. The van der Waals surface area contributed by atoms with Gasteiger partial charge in [-0.25, -0.2) is 4.79 Å². The monoisotopic (exact) mass is 263 g/mol. The first-order valence-corrected chi connectivity index (χ1v) is 6.13. The maximum atomic E-state index is 11.9. The van der Waals surface area contributed by atoms with Crippen molar-refractivity contribution >= 4 is 12.0 Å². The number of rotatable bonds is 4. The lowest BCUT2D eigenvalue weighted by Crippen LogP contribution is -2.52. The van der Waals surface area contributed by atoms with Crippen LogP contribution < -0.4 is 5.32 Å². The van der Waals surface area contributed by atoms with E-state index in [4.69, 9.17) is 4.74 Å². The van der Waals surface area contributed by atoms with E-state index in [2.05, 4.69) is 10.3 Å². The first-order valence-electron chi connectivity index (χ1n) is 6.13. The molecule has 1 aliphatic heterocycles. The second-order valence-corrected chi connectivity index (χ2v) is 5.00. The van der Waals surface area contributed by atoms with E-state index in [1.54, 1.807) is 23.2 Å². The van der Waals surface area contributed by atoms with Crippen LogP contribution in [-0.2, 0) is 4.74 Å². The van der Waals surface area contributed by atoms with Crippen molar-refractivity contribution in [2.24, 2.45) is 0 Å². The molecule has 1 saturated heterocycles. The number of ether oxygens (including phenoxy) is 1. The van der Waals surface area contributed by atoms with E-state index in [1.807, 2.05) is 13.8 Å². The number of carbonyl (C=O) groups excluding carboxylic acids is 2. The van der Waals surface area contributed by atoms with Crippen molar-refractivity contribution in [2.75, 3.05) is 19.7 Å². The van der Waals surface area contributed by atoms with Crippen molar-refractivity contribution in [2.45, 2.75) is 19.4 Å². The Morgan fingerprint density at radius 1 is 1.58 bits per heavy atom. The molecule has 2 amide bonds. The van der Waals surface area contributed by atoms with E-state index >= 15 is 0 Å². The molecule has 102 valence electrons. The minimum Gasteiger partial charge on any atom is -0.448 e. The number of hydrogen-bond donors (Lipinski definition) is 1. The number of nitrogens with one attached hydrogen (secondary N) is 1. The van der Waals surface area contributed by atoms with Crippen molar-refractivity contribution < 1.29 is 14.3 Å². The van der Waals surface area contributed by atoms with Gasteiger partial charge in [0.05, 0.1) is 17.6 Å². The molecule has 1 aromatic heterocycles. The predicted octanol–water partition coefficient (Wildman–Crippen LogP) is 1.04. The third kappa shape index (κ3) is 3.01. The van der Waals surface area contributed by atoms with Gasteiger partial charge < -0.3 is 10.1 Å². The number of cyclic esters (lactones) is 1. The van der Waals surface area contributed by atoms with E-state index < -0.39 is 5.54 Å². The smallest absolute Gasteiger partial charge is 0.410 e. The molecule has 0 aromatic carbocycles. The molecule has 1 aromatic rings. The molecule has 0 radical (unpaired) electrons. The SMILES string of the molecule is CC(C)(CNC(=O)c1cccnc1)N1CCOC1=O. The fourth-order valence-electron chi connectivity index (χ4n) is 1.93. The Labute approximate surface area is 111 Å². The van der Waals surface area contributed by atoms with Crippen molar-refractivity contribution in [1.82, 2.24) is 15.2 Å². The van der Waals surface area contributed by atoms with Crippen LogP contribution in [0.25, 0.3) is 0 Å². The molecule has 19 heavy (non-hydrogen) atoms. The highest BCUT2D eigenvalue weighted by molar-refractivity contribution is 5.93. The number of amides is 2. The molecule has 1 N–H and O–H groups in total.